The monoisotopic (exact) mass is 357 g/mol. The van der Waals surface area contributed by atoms with Crippen LogP contribution in [0.4, 0.5) is 0 Å². The van der Waals surface area contributed by atoms with Gasteiger partial charge in [-0.05, 0) is 36.1 Å². The van der Waals surface area contributed by atoms with Crippen molar-refractivity contribution in [1.29, 1.82) is 0 Å². The van der Waals surface area contributed by atoms with Crippen LogP contribution in [0.25, 0.3) is 6.08 Å². The van der Waals surface area contributed by atoms with Crippen molar-refractivity contribution in [2.75, 3.05) is 12.0 Å². The van der Waals surface area contributed by atoms with Crippen molar-refractivity contribution < 1.29 is 14.7 Å². The van der Waals surface area contributed by atoms with Gasteiger partial charge >= 0.3 is 5.97 Å². The molecular weight excluding hydrogens is 342 g/mol. The topological polar surface area (TPSA) is 66.4 Å². The molecule has 20 heavy (non-hydrogen) atoms. The SMILES string of the molecule is CSCCC(NC(=O)/C=C/c1ccccc1Br)C(=O)O. The molecule has 1 rings (SSSR count). The molecule has 0 heterocycles. The van der Waals surface area contributed by atoms with Gasteiger partial charge < -0.3 is 10.4 Å². The zero-order valence-corrected chi connectivity index (χ0v) is 13.4. The van der Waals surface area contributed by atoms with Crippen LogP contribution in [0.15, 0.2) is 34.8 Å². The van der Waals surface area contributed by atoms with Gasteiger partial charge in [-0.25, -0.2) is 4.79 Å². The molecule has 0 saturated heterocycles. The second-order valence-corrected chi connectivity index (χ2v) is 5.88. The van der Waals surface area contributed by atoms with Crippen LogP contribution in [0.1, 0.15) is 12.0 Å². The molecule has 0 aromatic heterocycles. The predicted molar refractivity (Wildman–Crippen MR) is 85.7 cm³/mol. The summed E-state index contributed by atoms with van der Waals surface area (Å²) in [5.74, 6) is -0.735. The van der Waals surface area contributed by atoms with E-state index in [1.807, 2.05) is 30.5 Å². The zero-order valence-electron chi connectivity index (χ0n) is 11.0. The highest BCUT2D eigenvalue weighted by Crippen LogP contribution is 2.16. The molecule has 0 fully saturated rings. The van der Waals surface area contributed by atoms with Crippen molar-refractivity contribution in [3.63, 3.8) is 0 Å². The Bertz CT molecular complexity index is 505. The summed E-state index contributed by atoms with van der Waals surface area (Å²) in [5, 5.41) is 11.5. The molecule has 0 aliphatic carbocycles. The third kappa shape index (κ3) is 5.79. The molecule has 6 heteroatoms. The summed E-state index contributed by atoms with van der Waals surface area (Å²) in [5.41, 5.74) is 0.860. The number of hydrogen-bond acceptors (Lipinski definition) is 3. The molecule has 0 bridgehead atoms. The molecular formula is C14H16BrNO3S. The van der Waals surface area contributed by atoms with E-state index < -0.39 is 17.9 Å². The number of carboxylic acids is 1. The molecule has 1 aromatic rings. The number of halogens is 1. The number of amides is 1. The molecule has 4 nitrogen and oxygen atoms in total. The van der Waals surface area contributed by atoms with E-state index in [4.69, 9.17) is 5.11 Å². The Morgan fingerprint density at radius 2 is 2.15 bits per heavy atom. The minimum absolute atomic E-state index is 0.408. The summed E-state index contributed by atoms with van der Waals surface area (Å²) in [6, 6.07) is 6.62. The van der Waals surface area contributed by atoms with Crippen molar-refractivity contribution >= 4 is 45.6 Å². The van der Waals surface area contributed by atoms with Gasteiger partial charge in [-0.3, -0.25) is 4.79 Å². The largest absolute Gasteiger partial charge is 0.480 e. The van der Waals surface area contributed by atoms with E-state index in [-0.39, 0.29) is 0 Å². The van der Waals surface area contributed by atoms with Crippen LogP contribution >= 0.6 is 27.7 Å². The second-order valence-electron chi connectivity index (χ2n) is 4.04. The first kappa shape index (κ1) is 16.8. The van der Waals surface area contributed by atoms with Gasteiger partial charge in [-0.15, -0.1) is 0 Å². The number of thioether (sulfide) groups is 1. The van der Waals surface area contributed by atoms with E-state index in [0.717, 1.165) is 10.0 Å². The van der Waals surface area contributed by atoms with Crippen molar-refractivity contribution in [2.24, 2.45) is 0 Å². The number of rotatable bonds is 7. The number of nitrogens with one attached hydrogen (secondary N) is 1. The third-order valence-corrected chi connectivity index (χ3v) is 3.91. The summed E-state index contributed by atoms with van der Waals surface area (Å²) in [6.07, 6.45) is 5.29. The van der Waals surface area contributed by atoms with E-state index >= 15 is 0 Å². The maximum Gasteiger partial charge on any atom is 0.326 e. The lowest BCUT2D eigenvalue weighted by molar-refractivity contribution is -0.141. The van der Waals surface area contributed by atoms with Gasteiger partial charge in [0.15, 0.2) is 0 Å². The van der Waals surface area contributed by atoms with Crippen LogP contribution in [0, 0.1) is 0 Å². The fourth-order valence-electron chi connectivity index (χ4n) is 1.49. The van der Waals surface area contributed by atoms with Crippen LogP contribution in [0.2, 0.25) is 0 Å². The summed E-state index contributed by atoms with van der Waals surface area (Å²) in [7, 11) is 0. The van der Waals surface area contributed by atoms with Gasteiger partial charge in [0.2, 0.25) is 5.91 Å². The summed E-state index contributed by atoms with van der Waals surface area (Å²) in [6.45, 7) is 0. The molecule has 0 spiro atoms. The number of carbonyl (C=O) groups excluding carboxylic acids is 1. The third-order valence-electron chi connectivity index (χ3n) is 2.54. The van der Waals surface area contributed by atoms with E-state index in [2.05, 4.69) is 21.2 Å². The average Bonchev–Trinajstić information content (AvgIpc) is 2.42. The second kappa shape index (κ2) is 8.81. The minimum Gasteiger partial charge on any atom is -0.480 e. The van der Waals surface area contributed by atoms with E-state index in [1.54, 1.807) is 17.8 Å². The van der Waals surface area contributed by atoms with E-state index in [9.17, 15) is 9.59 Å². The Morgan fingerprint density at radius 3 is 2.75 bits per heavy atom. The van der Waals surface area contributed by atoms with Crippen molar-refractivity contribution in [3.05, 3.63) is 40.4 Å². The molecule has 108 valence electrons. The molecule has 1 amide bonds. The lowest BCUT2D eigenvalue weighted by atomic mass is 10.2. The standard InChI is InChI=1S/C14H16BrNO3S/c1-20-9-8-12(14(18)19)16-13(17)7-6-10-4-2-3-5-11(10)15/h2-7,12H,8-9H2,1H3,(H,16,17)(H,18,19)/b7-6+. The fraction of sp³-hybridized carbons (Fsp3) is 0.286. The first-order chi connectivity index (χ1) is 9.54. The van der Waals surface area contributed by atoms with E-state index in [0.29, 0.717) is 12.2 Å². The molecule has 0 radical (unpaired) electrons. The quantitative estimate of drug-likeness (QED) is 0.736. The molecule has 0 aliphatic rings. The van der Waals surface area contributed by atoms with Crippen LogP contribution in [0.3, 0.4) is 0 Å². The Hall–Kier alpha value is -1.27. The number of aliphatic carboxylic acids is 1. The highest BCUT2D eigenvalue weighted by Gasteiger charge is 2.17. The van der Waals surface area contributed by atoms with Gasteiger partial charge in [0.1, 0.15) is 6.04 Å². The lowest BCUT2D eigenvalue weighted by Crippen LogP contribution is -2.40. The Morgan fingerprint density at radius 1 is 1.45 bits per heavy atom. The van der Waals surface area contributed by atoms with Crippen molar-refractivity contribution in [2.45, 2.75) is 12.5 Å². The maximum atomic E-state index is 11.7. The zero-order chi connectivity index (χ0) is 15.0. The van der Waals surface area contributed by atoms with Crippen LogP contribution in [-0.4, -0.2) is 35.0 Å². The normalized spacial score (nSPS) is 12.3. The summed E-state index contributed by atoms with van der Waals surface area (Å²) in [4.78, 5) is 22.7. The van der Waals surface area contributed by atoms with Gasteiger partial charge in [0, 0.05) is 10.5 Å². The summed E-state index contributed by atoms with van der Waals surface area (Å²) < 4.78 is 0.876. The van der Waals surface area contributed by atoms with Crippen LogP contribution in [0.5, 0.6) is 0 Å². The Labute approximate surface area is 130 Å². The fourth-order valence-corrected chi connectivity index (χ4v) is 2.38. The molecule has 1 unspecified atom stereocenters. The number of benzene rings is 1. The van der Waals surface area contributed by atoms with Gasteiger partial charge in [0.05, 0.1) is 0 Å². The minimum atomic E-state index is -1.01. The molecule has 1 atom stereocenters. The molecule has 0 aliphatic heterocycles. The highest BCUT2D eigenvalue weighted by molar-refractivity contribution is 9.10. The van der Waals surface area contributed by atoms with Crippen molar-refractivity contribution in [1.82, 2.24) is 5.32 Å². The summed E-state index contributed by atoms with van der Waals surface area (Å²) >= 11 is 4.92. The maximum absolute atomic E-state index is 11.7. The predicted octanol–water partition coefficient (Wildman–Crippen LogP) is 2.78. The Balaban J connectivity index is 2.61. The smallest absolute Gasteiger partial charge is 0.326 e. The van der Waals surface area contributed by atoms with Gasteiger partial charge in [-0.1, -0.05) is 34.1 Å². The van der Waals surface area contributed by atoms with E-state index in [1.165, 1.54) is 6.08 Å². The number of carboxylic acid groups (broad SMARTS) is 1. The first-order valence-electron chi connectivity index (χ1n) is 5.99. The lowest BCUT2D eigenvalue weighted by Gasteiger charge is -2.12. The molecule has 2 N–H and O–H groups in total. The first-order valence-corrected chi connectivity index (χ1v) is 8.18. The van der Waals surface area contributed by atoms with Crippen LogP contribution in [-0.2, 0) is 9.59 Å². The Kier molecular flexibility index (Phi) is 7.40. The number of carbonyl (C=O) groups is 2. The average molecular weight is 358 g/mol. The highest BCUT2D eigenvalue weighted by atomic mass is 79.9. The number of hydrogen-bond donors (Lipinski definition) is 2. The van der Waals surface area contributed by atoms with Gasteiger partial charge in [0.25, 0.3) is 0 Å². The molecule has 0 saturated carbocycles. The van der Waals surface area contributed by atoms with Crippen molar-refractivity contribution in [3.8, 4) is 0 Å². The van der Waals surface area contributed by atoms with Crippen LogP contribution < -0.4 is 5.32 Å². The molecule has 1 aromatic carbocycles. The van der Waals surface area contributed by atoms with Gasteiger partial charge in [-0.2, -0.15) is 11.8 Å².